The zero-order valence-electron chi connectivity index (χ0n) is 17.6. The third kappa shape index (κ3) is 3.37. The largest absolute Gasteiger partial charge is 0.507 e. The number of benzene rings is 2. The molecule has 1 saturated heterocycles. The second kappa shape index (κ2) is 8.12. The second-order valence-corrected chi connectivity index (χ2v) is 7.96. The number of ether oxygens (including phenoxy) is 1. The quantitative estimate of drug-likeness (QED) is 0.357. The minimum atomic E-state index is -0.698. The first-order valence-electron chi connectivity index (χ1n) is 10.0. The fourth-order valence-corrected chi connectivity index (χ4v) is 4.49. The number of fused-ring (bicyclic) bond motifs is 1. The summed E-state index contributed by atoms with van der Waals surface area (Å²) < 4.78 is 7.13. The summed E-state index contributed by atoms with van der Waals surface area (Å²) in [6, 6.07) is 11.9. The molecule has 1 fully saturated rings. The molecule has 1 aliphatic heterocycles. The van der Waals surface area contributed by atoms with Crippen LogP contribution in [0, 0.1) is 0 Å². The van der Waals surface area contributed by atoms with Crippen LogP contribution in [0.25, 0.3) is 16.7 Å². The molecule has 1 aliphatic rings. The predicted octanol–water partition coefficient (Wildman–Crippen LogP) is 4.67. The fraction of sp³-hybridized carbons (Fsp3) is 0.250. The van der Waals surface area contributed by atoms with Crippen LogP contribution in [0.2, 0.25) is 5.02 Å². The van der Waals surface area contributed by atoms with Crippen LogP contribution >= 0.6 is 11.6 Å². The van der Waals surface area contributed by atoms with Crippen molar-refractivity contribution in [3.8, 4) is 5.75 Å². The van der Waals surface area contributed by atoms with Crippen molar-refractivity contribution in [3.05, 3.63) is 70.4 Å². The number of hydrogen-bond acceptors (Lipinski definition) is 4. The van der Waals surface area contributed by atoms with Gasteiger partial charge in [0.1, 0.15) is 11.5 Å². The van der Waals surface area contributed by atoms with Gasteiger partial charge < -0.3 is 19.3 Å². The molecular formula is C24H23ClN2O4. The Morgan fingerprint density at radius 3 is 2.61 bits per heavy atom. The highest BCUT2D eigenvalue weighted by Crippen LogP contribution is 2.43. The molecule has 0 bridgehead atoms. The number of aromatic nitrogens is 1. The van der Waals surface area contributed by atoms with E-state index in [0.717, 1.165) is 16.5 Å². The van der Waals surface area contributed by atoms with Crippen molar-refractivity contribution >= 4 is 40.0 Å². The predicted molar refractivity (Wildman–Crippen MR) is 120 cm³/mol. The van der Waals surface area contributed by atoms with Crippen molar-refractivity contribution in [3.63, 3.8) is 0 Å². The van der Waals surface area contributed by atoms with Gasteiger partial charge in [-0.1, -0.05) is 36.7 Å². The molecule has 4 rings (SSSR count). The number of rotatable bonds is 5. The van der Waals surface area contributed by atoms with Crippen molar-refractivity contribution in [2.75, 3.05) is 13.7 Å². The van der Waals surface area contributed by atoms with E-state index in [-0.39, 0.29) is 11.3 Å². The average molecular weight is 439 g/mol. The summed E-state index contributed by atoms with van der Waals surface area (Å²) in [6.45, 7) is 2.35. The van der Waals surface area contributed by atoms with Crippen molar-refractivity contribution in [2.24, 2.45) is 7.05 Å². The van der Waals surface area contributed by atoms with Gasteiger partial charge in [-0.3, -0.25) is 9.59 Å². The Bertz CT molecular complexity index is 1230. The molecule has 2 heterocycles. The van der Waals surface area contributed by atoms with Crippen LogP contribution in [0.15, 0.2) is 54.2 Å². The Morgan fingerprint density at radius 2 is 1.94 bits per heavy atom. The number of aryl methyl sites for hydroxylation is 1. The van der Waals surface area contributed by atoms with Gasteiger partial charge in [-0.05, 0) is 30.7 Å². The van der Waals surface area contributed by atoms with E-state index in [2.05, 4.69) is 0 Å². The number of amides is 1. The second-order valence-electron chi connectivity index (χ2n) is 7.55. The number of likely N-dealkylation sites (tertiary alicyclic amines) is 1. The molecule has 0 aliphatic carbocycles. The minimum absolute atomic E-state index is 0.0658. The number of aliphatic hydroxyl groups excluding tert-OH is 1. The number of hydrogen-bond donors (Lipinski definition) is 1. The van der Waals surface area contributed by atoms with E-state index in [0.29, 0.717) is 29.3 Å². The molecule has 6 nitrogen and oxygen atoms in total. The first kappa shape index (κ1) is 21.0. The van der Waals surface area contributed by atoms with Gasteiger partial charge in [-0.25, -0.2) is 0 Å². The first-order valence-corrected chi connectivity index (χ1v) is 10.4. The monoisotopic (exact) mass is 438 g/mol. The van der Waals surface area contributed by atoms with E-state index in [1.807, 2.05) is 49.0 Å². The third-order valence-electron chi connectivity index (χ3n) is 5.65. The molecule has 1 atom stereocenters. The van der Waals surface area contributed by atoms with Crippen LogP contribution in [0.4, 0.5) is 0 Å². The summed E-state index contributed by atoms with van der Waals surface area (Å²) in [5.74, 6) is -1.11. The number of carbonyl (C=O) groups excluding carboxylic acids is 2. The van der Waals surface area contributed by atoms with E-state index in [4.69, 9.17) is 16.3 Å². The summed E-state index contributed by atoms with van der Waals surface area (Å²) in [4.78, 5) is 27.5. The number of halogens is 1. The molecule has 31 heavy (non-hydrogen) atoms. The smallest absolute Gasteiger partial charge is 0.295 e. The number of carbonyl (C=O) groups is 2. The highest BCUT2D eigenvalue weighted by Gasteiger charge is 2.46. The lowest BCUT2D eigenvalue weighted by molar-refractivity contribution is -0.139. The highest BCUT2D eigenvalue weighted by molar-refractivity contribution is 6.46. The topological polar surface area (TPSA) is 71.8 Å². The number of nitrogens with zero attached hydrogens (tertiary/aromatic N) is 2. The fourth-order valence-electron chi connectivity index (χ4n) is 4.23. The number of Topliss-reactive ketones (excluding diaryl/α,β-unsaturated/α-hetero) is 1. The molecule has 1 amide bonds. The molecule has 3 aromatic rings. The van der Waals surface area contributed by atoms with Gasteiger partial charge in [-0.15, -0.1) is 0 Å². The Labute approximate surface area is 185 Å². The number of aliphatic hydroxyl groups is 1. The van der Waals surface area contributed by atoms with Crippen molar-refractivity contribution in [2.45, 2.75) is 19.4 Å². The molecule has 0 spiro atoms. The third-order valence-corrected chi connectivity index (χ3v) is 5.95. The SMILES string of the molecule is CCCN1C(=O)C(=O)/C(=C(/O)c2ccc(OC)c(Cl)c2)C1c1cn(C)c2ccccc12. The standard InChI is InChI=1S/C24H23ClN2O4/c1-4-11-27-21(16-13-26(2)18-8-6-5-7-15(16)18)20(23(29)24(27)30)22(28)14-9-10-19(31-3)17(25)12-14/h5-10,12-13,21,28H,4,11H2,1-3H3/b22-20+. The first-order chi connectivity index (χ1) is 14.9. The minimum Gasteiger partial charge on any atom is -0.507 e. The van der Waals surface area contributed by atoms with Gasteiger partial charge in [0.05, 0.1) is 23.7 Å². The Balaban J connectivity index is 1.96. The molecule has 2 aromatic carbocycles. The van der Waals surface area contributed by atoms with Crippen LogP contribution in [0.3, 0.4) is 0 Å². The summed E-state index contributed by atoms with van der Waals surface area (Å²) >= 11 is 6.23. The van der Waals surface area contributed by atoms with E-state index in [1.165, 1.54) is 13.2 Å². The number of methoxy groups -OCH3 is 1. The summed E-state index contributed by atoms with van der Waals surface area (Å²) in [7, 11) is 3.42. The molecule has 0 radical (unpaired) electrons. The summed E-state index contributed by atoms with van der Waals surface area (Å²) in [6.07, 6.45) is 2.60. The number of ketones is 1. The zero-order chi connectivity index (χ0) is 22.3. The number of para-hydroxylation sites is 1. The van der Waals surface area contributed by atoms with Gasteiger partial charge >= 0.3 is 0 Å². The lowest BCUT2D eigenvalue weighted by atomic mass is 9.95. The lowest BCUT2D eigenvalue weighted by Gasteiger charge is -2.24. The lowest BCUT2D eigenvalue weighted by Crippen LogP contribution is -2.30. The van der Waals surface area contributed by atoms with Crippen molar-refractivity contribution < 1.29 is 19.4 Å². The van der Waals surface area contributed by atoms with E-state index < -0.39 is 17.7 Å². The molecule has 1 unspecified atom stereocenters. The van der Waals surface area contributed by atoms with E-state index in [9.17, 15) is 14.7 Å². The molecular weight excluding hydrogens is 416 g/mol. The van der Waals surface area contributed by atoms with Crippen LogP contribution in [0.5, 0.6) is 5.75 Å². The van der Waals surface area contributed by atoms with Gasteiger partial charge in [-0.2, -0.15) is 0 Å². The Kier molecular flexibility index (Phi) is 5.50. The zero-order valence-corrected chi connectivity index (χ0v) is 18.3. The normalized spacial score (nSPS) is 18.2. The van der Waals surface area contributed by atoms with Gasteiger partial charge in [0, 0.05) is 41.8 Å². The van der Waals surface area contributed by atoms with Gasteiger partial charge in [0.2, 0.25) is 0 Å². The molecule has 0 saturated carbocycles. The molecule has 7 heteroatoms. The maximum Gasteiger partial charge on any atom is 0.295 e. The Hall–Kier alpha value is -3.25. The molecule has 1 N–H and O–H groups in total. The summed E-state index contributed by atoms with van der Waals surface area (Å²) in [5.41, 5.74) is 2.19. The van der Waals surface area contributed by atoms with Crippen molar-refractivity contribution in [1.82, 2.24) is 9.47 Å². The van der Waals surface area contributed by atoms with Gasteiger partial charge in [0.15, 0.2) is 0 Å². The average Bonchev–Trinajstić information content (AvgIpc) is 3.22. The Morgan fingerprint density at radius 1 is 1.19 bits per heavy atom. The molecule has 160 valence electrons. The van der Waals surface area contributed by atoms with E-state index >= 15 is 0 Å². The van der Waals surface area contributed by atoms with E-state index in [1.54, 1.807) is 17.0 Å². The molecule has 1 aromatic heterocycles. The summed E-state index contributed by atoms with van der Waals surface area (Å²) in [5, 5.41) is 12.4. The van der Waals surface area contributed by atoms with Crippen LogP contribution < -0.4 is 4.74 Å². The maximum absolute atomic E-state index is 13.1. The van der Waals surface area contributed by atoms with Crippen LogP contribution in [-0.2, 0) is 16.6 Å². The van der Waals surface area contributed by atoms with Crippen LogP contribution in [0.1, 0.15) is 30.5 Å². The van der Waals surface area contributed by atoms with Crippen molar-refractivity contribution in [1.29, 1.82) is 0 Å². The highest BCUT2D eigenvalue weighted by atomic mass is 35.5. The van der Waals surface area contributed by atoms with Crippen LogP contribution in [-0.4, -0.2) is 39.9 Å². The maximum atomic E-state index is 13.1. The van der Waals surface area contributed by atoms with Gasteiger partial charge in [0.25, 0.3) is 11.7 Å².